The van der Waals surface area contributed by atoms with Crippen LogP contribution in [0.15, 0.2) is 0 Å². The Morgan fingerprint density at radius 1 is 1.31 bits per heavy atom. The molecule has 0 unspecified atom stereocenters. The smallest absolute Gasteiger partial charge is 0.341 e. The summed E-state index contributed by atoms with van der Waals surface area (Å²) in [7, 11) is 0.122. The van der Waals surface area contributed by atoms with E-state index in [4.69, 9.17) is 8.85 Å². The van der Waals surface area contributed by atoms with Crippen molar-refractivity contribution in [3.05, 3.63) is 0 Å². The lowest BCUT2D eigenvalue weighted by Crippen LogP contribution is -2.39. The molecule has 0 aromatic carbocycles. The molecule has 0 bridgehead atoms. The fourth-order valence-corrected chi connectivity index (χ4v) is 2.63. The quantitative estimate of drug-likeness (QED) is 0.585. The summed E-state index contributed by atoms with van der Waals surface area (Å²) in [5.74, 6) is 0.0527. The number of carbonyl (C=O) groups excluding carboxylic acids is 1. The van der Waals surface area contributed by atoms with Gasteiger partial charge in [0.1, 0.15) is 0 Å². The second kappa shape index (κ2) is 7.05. The Morgan fingerprint density at radius 2 is 1.77 bits per heavy atom. The lowest BCUT2D eigenvalue weighted by atomic mass is 10.6. The fraction of sp³-hybridized carbons (Fsp3) is 0.875. The van der Waals surface area contributed by atoms with E-state index in [2.05, 4.69) is 0 Å². The van der Waals surface area contributed by atoms with Gasteiger partial charge in [-0.25, -0.2) is 0 Å². The van der Waals surface area contributed by atoms with Crippen molar-refractivity contribution in [1.29, 1.82) is 0 Å². The van der Waals surface area contributed by atoms with E-state index in [-0.39, 0.29) is 5.91 Å². The van der Waals surface area contributed by atoms with Crippen LogP contribution in [-0.2, 0) is 13.6 Å². The molecule has 0 aliphatic heterocycles. The fourth-order valence-electron chi connectivity index (χ4n) is 0.877. The van der Waals surface area contributed by atoms with E-state index >= 15 is 0 Å². The van der Waals surface area contributed by atoms with Crippen LogP contribution in [0.2, 0.25) is 0 Å². The SMILES string of the molecule is CCO[SiH](CN(C)C(C)=O)OCC. The molecule has 0 radical (unpaired) electrons. The molecule has 0 rings (SSSR count). The van der Waals surface area contributed by atoms with E-state index in [0.717, 1.165) is 0 Å². The van der Waals surface area contributed by atoms with Gasteiger partial charge >= 0.3 is 9.28 Å². The van der Waals surface area contributed by atoms with Gasteiger partial charge in [-0.1, -0.05) is 0 Å². The third-order valence-corrected chi connectivity index (χ3v) is 3.92. The number of amides is 1. The molecule has 0 atom stereocenters. The first-order valence-electron chi connectivity index (χ1n) is 4.56. The van der Waals surface area contributed by atoms with E-state index < -0.39 is 9.28 Å². The minimum Gasteiger partial charge on any atom is -0.396 e. The summed E-state index contributed by atoms with van der Waals surface area (Å²) in [6.45, 7) is 6.73. The van der Waals surface area contributed by atoms with Gasteiger partial charge in [0.05, 0.1) is 6.17 Å². The Hall–Kier alpha value is -0.393. The van der Waals surface area contributed by atoms with Crippen LogP contribution in [0.3, 0.4) is 0 Å². The molecule has 0 saturated heterocycles. The van der Waals surface area contributed by atoms with Gasteiger partial charge in [0.2, 0.25) is 5.91 Å². The predicted octanol–water partition coefficient (Wildman–Crippen LogP) is 0.297. The lowest BCUT2D eigenvalue weighted by molar-refractivity contribution is -0.127. The number of hydrogen-bond donors (Lipinski definition) is 0. The Morgan fingerprint density at radius 3 is 2.08 bits per heavy atom. The summed E-state index contributed by atoms with van der Waals surface area (Å²) in [6, 6.07) is 0. The highest BCUT2D eigenvalue weighted by molar-refractivity contribution is 6.44. The molecule has 1 amide bonds. The molecule has 0 spiro atoms. The average Bonchev–Trinajstić information content (AvgIpc) is 2.05. The molecule has 0 N–H and O–H groups in total. The van der Waals surface area contributed by atoms with Crippen LogP contribution >= 0.6 is 0 Å². The Bertz CT molecular complexity index is 148. The van der Waals surface area contributed by atoms with E-state index in [1.807, 2.05) is 13.8 Å². The number of rotatable bonds is 6. The maximum absolute atomic E-state index is 10.9. The zero-order valence-corrected chi connectivity index (χ0v) is 10.0. The van der Waals surface area contributed by atoms with Gasteiger partial charge in [-0.05, 0) is 13.8 Å². The molecule has 0 aliphatic rings. The van der Waals surface area contributed by atoms with E-state index in [1.54, 1.807) is 18.9 Å². The normalized spacial score (nSPS) is 10.5. The standard InChI is InChI=1S/C8H19NO3Si/c1-5-11-13(12-6-2)7-9(4)8(3)10/h13H,5-7H2,1-4H3. The van der Waals surface area contributed by atoms with Gasteiger partial charge in [0, 0.05) is 27.2 Å². The third kappa shape index (κ3) is 5.79. The Balaban J connectivity index is 3.85. The molecule has 0 aliphatic carbocycles. The van der Waals surface area contributed by atoms with Crippen LogP contribution in [0.1, 0.15) is 20.8 Å². The lowest BCUT2D eigenvalue weighted by Gasteiger charge is -2.21. The molecular formula is C8H19NO3Si. The van der Waals surface area contributed by atoms with Crippen LogP contribution in [0.5, 0.6) is 0 Å². The highest BCUT2D eigenvalue weighted by Gasteiger charge is 2.16. The summed E-state index contributed by atoms with van der Waals surface area (Å²) in [6.07, 6.45) is 0.622. The van der Waals surface area contributed by atoms with Crippen LogP contribution in [0.25, 0.3) is 0 Å². The summed E-state index contributed by atoms with van der Waals surface area (Å²) < 4.78 is 10.9. The molecule has 0 aromatic rings. The van der Waals surface area contributed by atoms with Gasteiger partial charge in [-0.3, -0.25) is 4.79 Å². The second-order valence-corrected chi connectivity index (χ2v) is 4.63. The maximum Gasteiger partial charge on any atom is 0.341 e. The van der Waals surface area contributed by atoms with Crippen molar-refractivity contribution in [2.75, 3.05) is 26.4 Å². The van der Waals surface area contributed by atoms with Crippen LogP contribution in [0.4, 0.5) is 0 Å². The van der Waals surface area contributed by atoms with Crippen molar-refractivity contribution in [1.82, 2.24) is 4.90 Å². The first-order chi connectivity index (χ1) is 6.11. The molecular weight excluding hydrogens is 186 g/mol. The van der Waals surface area contributed by atoms with Crippen molar-refractivity contribution in [2.24, 2.45) is 0 Å². The van der Waals surface area contributed by atoms with Crippen molar-refractivity contribution >= 4 is 15.2 Å². The molecule has 0 fully saturated rings. The van der Waals surface area contributed by atoms with Crippen LogP contribution in [0, 0.1) is 0 Å². The van der Waals surface area contributed by atoms with Crippen LogP contribution < -0.4 is 0 Å². The van der Waals surface area contributed by atoms with Gasteiger partial charge in [0.15, 0.2) is 0 Å². The molecule has 0 heterocycles. The van der Waals surface area contributed by atoms with Crippen molar-refractivity contribution in [2.45, 2.75) is 20.8 Å². The number of nitrogens with zero attached hydrogens (tertiary/aromatic N) is 1. The van der Waals surface area contributed by atoms with E-state index in [1.165, 1.54) is 0 Å². The molecule has 5 heteroatoms. The molecule has 4 nitrogen and oxygen atoms in total. The molecule has 0 aromatic heterocycles. The van der Waals surface area contributed by atoms with Gasteiger partial charge in [-0.15, -0.1) is 0 Å². The van der Waals surface area contributed by atoms with Crippen LogP contribution in [-0.4, -0.2) is 46.5 Å². The predicted molar refractivity (Wildman–Crippen MR) is 53.7 cm³/mol. The minimum absolute atomic E-state index is 0.0527. The monoisotopic (exact) mass is 205 g/mol. The first kappa shape index (κ1) is 12.6. The third-order valence-electron chi connectivity index (χ3n) is 1.67. The molecule has 78 valence electrons. The highest BCUT2D eigenvalue weighted by atomic mass is 28.3. The van der Waals surface area contributed by atoms with Crippen molar-refractivity contribution in [3.63, 3.8) is 0 Å². The minimum atomic E-state index is -1.64. The van der Waals surface area contributed by atoms with Gasteiger partial charge < -0.3 is 13.8 Å². The van der Waals surface area contributed by atoms with Crippen molar-refractivity contribution in [3.8, 4) is 0 Å². The van der Waals surface area contributed by atoms with E-state index in [0.29, 0.717) is 19.4 Å². The zero-order valence-electron chi connectivity index (χ0n) is 8.87. The summed E-state index contributed by atoms with van der Waals surface area (Å²) in [5.41, 5.74) is 0. The van der Waals surface area contributed by atoms with Gasteiger partial charge in [-0.2, -0.15) is 0 Å². The topological polar surface area (TPSA) is 38.8 Å². The zero-order chi connectivity index (χ0) is 10.3. The summed E-state index contributed by atoms with van der Waals surface area (Å²) in [4.78, 5) is 12.6. The summed E-state index contributed by atoms with van der Waals surface area (Å²) in [5, 5.41) is 0. The number of carbonyl (C=O) groups is 1. The Kier molecular flexibility index (Phi) is 6.84. The largest absolute Gasteiger partial charge is 0.396 e. The molecule has 0 saturated carbocycles. The maximum atomic E-state index is 10.9. The average molecular weight is 205 g/mol. The molecule has 13 heavy (non-hydrogen) atoms. The Labute approximate surface area is 81.7 Å². The van der Waals surface area contributed by atoms with Crippen molar-refractivity contribution < 1.29 is 13.6 Å². The van der Waals surface area contributed by atoms with Gasteiger partial charge in [0.25, 0.3) is 0 Å². The second-order valence-electron chi connectivity index (χ2n) is 2.74. The van der Waals surface area contributed by atoms with E-state index in [9.17, 15) is 4.79 Å². The number of hydrogen-bond acceptors (Lipinski definition) is 3. The first-order valence-corrected chi connectivity index (χ1v) is 6.32. The summed E-state index contributed by atoms with van der Waals surface area (Å²) >= 11 is 0. The highest BCUT2D eigenvalue weighted by Crippen LogP contribution is 1.94.